The van der Waals surface area contributed by atoms with Gasteiger partial charge in [0.05, 0.1) is 10.6 Å². The fourth-order valence-corrected chi connectivity index (χ4v) is 2.39. The van der Waals surface area contributed by atoms with Gasteiger partial charge in [0.2, 0.25) is 0 Å². The molecule has 0 aliphatic heterocycles. The molecule has 2 heterocycles. The van der Waals surface area contributed by atoms with Gasteiger partial charge in [-0.1, -0.05) is 24.3 Å². The number of carbonyl (C=O) groups is 1. The number of hydrogen-bond acceptors (Lipinski definition) is 2. The molecule has 1 aromatic carbocycles. The largest absolute Gasteiger partial charge is 0.359 e. The van der Waals surface area contributed by atoms with E-state index in [1.54, 1.807) is 0 Å². The first kappa shape index (κ1) is 10.1. The van der Waals surface area contributed by atoms with E-state index >= 15 is 0 Å². The summed E-state index contributed by atoms with van der Waals surface area (Å²) in [7, 11) is 0. The van der Waals surface area contributed by atoms with Gasteiger partial charge in [0.25, 0.3) is 5.91 Å². The van der Waals surface area contributed by atoms with Gasteiger partial charge < -0.3 is 10.3 Å². The number of aromatic amines is 1. The summed E-state index contributed by atoms with van der Waals surface area (Å²) in [6.07, 6.45) is 1.82. The third kappa shape index (κ3) is 1.83. The van der Waals surface area contributed by atoms with Gasteiger partial charge >= 0.3 is 0 Å². The first-order chi connectivity index (χ1) is 8.34. The number of nitrogens with one attached hydrogen (secondary N) is 2. The molecule has 0 fully saturated rings. The van der Waals surface area contributed by atoms with Crippen LogP contribution < -0.4 is 5.32 Å². The Morgan fingerprint density at radius 1 is 1.18 bits per heavy atom. The monoisotopic (exact) mass is 242 g/mol. The maximum Gasteiger partial charge on any atom is 0.265 e. The minimum absolute atomic E-state index is 0.0650. The zero-order valence-electron chi connectivity index (χ0n) is 8.94. The van der Waals surface area contributed by atoms with Gasteiger partial charge in [-0.3, -0.25) is 4.79 Å². The van der Waals surface area contributed by atoms with Crippen molar-refractivity contribution < 1.29 is 4.79 Å². The standard InChI is InChI=1S/C13H10N2OS/c16-13(12-6-3-7-17-12)15-11-8-14-10-5-2-1-4-9(10)11/h1-8,14H,(H,15,16). The van der Waals surface area contributed by atoms with Crippen molar-refractivity contribution in [2.75, 3.05) is 5.32 Å². The molecule has 0 unspecified atom stereocenters. The fraction of sp³-hybridized carbons (Fsp3) is 0. The second-order valence-electron chi connectivity index (χ2n) is 3.68. The van der Waals surface area contributed by atoms with Gasteiger partial charge in [-0.2, -0.15) is 0 Å². The number of aromatic nitrogens is 1. The molecule has 0 aliphatic rings. The number of benzene rings is 1. The number of amides is 1. The van der Waals surface area contributed by atoms with Gasteiger partial charge in [0, 0.05) is 17.1 Å². The first-order valence-corrected chi connectivity index (χ1v) is 6.13. The Morgan fingerprint density at radius 2 is 2.06 bits per heavy atom. The Labute approximate surface area is 102 Å². The molecule has 2 N–H and O–H groups in total. The van der Waals surface area contributed by atoms with E-state index in [0.717, 1.165) is 21.5 Å². The van der Waals surface area contributed by atoms with Gasteiger partial charge in [-0.25, -0.2) is 0 Å². The zero-order valence-corrected chi connectivity index (χ0v) is 9.75. The number of fused-ring (bicyclic) bond motifs is 1. The number of anilines is 1. The highest BCUT2D eigenvalue weighted by Crippen LogP contribution is 2.23. The van der Waals surface area contributed by atoms with Crippen molar-refractivity contribution in [3.05, 3.63) is 52.9 Å². The zero-order chi connectivity index (χ0) is 11.7. The lowest BCUT2D eigenvalue weighted by atomic mass is 10.2. The lowest BCUT2D eigenvalue weighted by Crippen LogP contribution is -2.09. The summed E-state index contributed by atoms with van der Waals surface area (Å²) in [4.78, 5) is 15.7. The molecule has 17 heavy (non-hydrogen) atoms. The van der Waals surface area contributed by atoms with E-state index in [2.05, 4.69) is 10.3 Å². The van der Waals surface area contributed by atoms with Crippen molar-refractivity contribution in [1.29, 1.82) is 0 Å². The molecule has 0 radical (unpaired) electrons. The van der Waals surface area contributed by atoms with Crippen molar-refractivity contribution in [2.45, 2.75) is 0 Å². The molecule has 84 valence electrons. The van der Waals surface area contributed by atoms with E-state index in [4.69, 9.17) is 0 Å². The molecule has 4 heteroatoms. The number of H-pyrrole nitrogens is 1. The van der Waals surface area contributed by atoms with Gasteiger partial charge in [0.15, 0.2) is 0 Å². The van der Waals surface area contributed by atoms with Crippen LogP contribution in [0.1, 0.15) is 9.67 Å². The van der Waals surface area contributed by atoms with Crippen LogP contribution >= 0.6 is 11.3 Å². The Bertz CT molecular complexity index is 655. The SMILES string of the molecule is O=C(Nc1c[nH]c2ccccc12)c1cccs1. The molecule has 3 nitrogen and oxygen atoms in total. The highest BCUT2D eigenvalue weighted by Gasteiger charge is 2.09. The number of carbonyl (C=O) groups excluding carboxylic acids is 1. The fourth-order valence-electron chi connectivity index (χ4n) is 1.77. The third-order valence-corrected chi connectivity index (χ3v) is 3.45. The van der Waals surface area contributed by atoms with Crippen LogP contribution in [0.3, 0.4) is 0 Å². The van der Waals surface area contributed by atoms with Crippen LogP contribution in [0.15, 0.2) is 48.0 Å². The molecule has 3 rings (SSSR count). The van der Waals surface area contributed by atoms with Crippen LogP contribution in [0.5, 0.6) is 0 Å². The minimum Gasteiger partial charge on any atom is -0.359 e. The highest BCUT2D eigenvalue weighted by molar-refractivity contribution is 7.12. The van der Waals surface area contributed by atoms with Crippen molar-refractivity contribution >= 4 is 33.8 Å². The highest BCUT2D eigenvalue weighted by atomic mass is 32.1. The topological polar surface area (TPSA) is 44.9 Å². The Balaban J connectivity index is 1.93. The second-order valence-corrected chi connectivity index (χ2v) is 4.63. The van der Waals surface area contributed by atoms with E-state index < -0.39 is 0 Å². The van der Waals surface area contributed by atoms with Crippen molar-refractivity contribution in [2.24, 2.45) is 0 Å². The number of thiophene rings is 1. The number of rotatable bonds is 2. The molecule has 0 saturated heterocycles. The van der Waals surface area contributed by atoms with Crippen LogP contribution in [0.2, 0.25) is 0 Å². The van der Waals surface area contributed by atoms with Crippen molar-refractivity contribution in [3.8, 4) is 0 Å². The van der Waals surface area contributed by atoms with E-state index in [0.29, 0.717) is 0 Å². The Hall–Kier alpha value is -2.07. The third-order valence-electron chi connectivity index (χ3n) is 2.58. The molecular formula is C13H10N2OS. The molecule has 2 aromatic heterocycles. The molecule has 0 atom stereocenters. The van der Waals surface area contributed by atoms with E-state index in [9.17, 15) is 4.79 Å². The summed E-state index contributed by atoms with van der Waals surface area (Å²) in [5.41, 5.74) is 1.84. The lowest BCUT2D eigenvalue weighted by Gasteiger charge is -2.01. The van der Waals surface area contributed by atoms with Crippen molar-refractivity contribution in [3.63, 3.8) is 0 Å². The minimum atomic E-state index is -0.0650. The molecular weight excluding hydrogens is 232 g/mol. The van der Waals surface area contributed by atoms with Crippen LogP contribution in [0.25, 0.3) is 10.9 Å². The van der Waals surface area contributed by atoms with Crippen LogP contribution in [0.4, 0.5) is 5.69 Å². The molecule has 1 amide bonds. The summed E-state index contributed by atoms with van der Waals surface area (Å²) in [5, 5.41) is 5.83. The molecule has 0 aliphatic carbocycles. The summed E-state index contributed by atoms with van der Waals surface area (Å²) < 4.78 is 0. The molecule has 0 saturated carbocycles. The van der Waals surface area contributed by atoms with E-state index in [1.807, 2.05) is 48.0 Å². The summed E-state index contributed by atoms with van der Waals surface area (Å²) in [6.45, 7) is 0. The average molecular weight is 242 g/mol. The van der Waals surface area contributed by atoms with Gasteiger partial charge in [-0.15, -0.1) is 11.3 Å². The number of hydrogen-bond donors (Lipinski definition) is 2. The molecule has 0 bridgehead atoms. The lowest BCUT2D eigenvalue weighted by molar-refractivity contribution is 0.103. The normalized spacial score (nSPS) is 10.6. The van der Waals surface area contributed by atoms with Gasteiger partial charge in [-0.05, 0) is 17.5 Å². The maximum absolute atomic E-state index is 11.9. The summed E-state index contributed by atoms with van der Waals surface area (Å²) in [5.74, 6) is -0.0650. The van der Waals surface area contributed by atoms with Gasteiger partial charge in [0.1, 0.15) is 0 Å². The Kier molecular flexibility index (Phi) is 2.42. The number of para-hydroxylation sites is 1. The smallest absolute Gasteiger partial charge is 0.265 e. The van der Waals surface area contributed by atoms with E-state index in [1.165, 1.54) is 11.3 Å². The van der Waals surface area contributed by atoms with Crippen LogP contribution in [-0.4, -0.2) is 10.9 Å². The summed E-state index contributed by atoms with van der Waals surface area (Å²) in [6, 6.07) is 11.6. The predicted molar refractivity (Wildman–Crippen MR) is 70.6 cm³/mol. The predicted octanol–water partition coefficient (Wildman–Crippen LogP) is 3.48. The molecule has 3 aromatic rings. The summed E-state index contributed by atoms with van der Waals surface area (Å²) >= 11 is 1.44. The van der Waals surface area contributed by atoms with Crippen molar-refractivity contribution in [1.82, 2.24) is 4.98 Å². The Morgan fingerprint density at radius 3 is 2.88 bits per heavy atom. The average Bonchev–Trinajstić information content (AvgIpc) is 2.98. The quantitative estimate of drug-likeness (QED) is 0.710. The van der Waals surface area contributed by atoms with E-state index in [-0.39, 0.29) is 5.91 Å². The van der Waals surface area contributed by atoms with Crippen LogP contribution in [0, 0.1) is 0 Å². The first-order valence-electron chi connectivity index (χ1n) is 5.25. The second kappa shape index (κ2) is 4.07. The van der Waals surface area contributed by atoms with Crippen LogP contribution in [-0.2, 0) is 0 Å². The molecule has 0 spiro atoms. The maximum atomic E-state index is 11.9.